The molecule has 2 atom stereocenters. The van der Waals surface area contributed by atoms with Crippen LogP contribution in [0.3, 0.4) is 0 Å². The first-order valence-corrected chi connectivity index (χ1v) is 4.71. The molecule has 0 N–H and O–H groups in total. The number of hydrogen-bond donors (Lipinski definition) is 0. The maximum absolute atomic E-state index is 11.7. The lowest BCUT2D eigenvalue weighted by atomic mass is 9.58. The predicted molar refractivity (Wildman–Crippen MR) is 48.8 cm³/mol. The normalized spacial score (nSPS) is 43.6. The molecule has 0 radical (unpaired) electrons. The van der Waals surface area contributed by atoms with Crippen molar-refractivity contribution in [3.05, 3.63) is 12.2 Å². The van der Waals surface area contributed by atoms with E-state index in [9.17, 15) is 4.79 Å². The van der Waals surface area contributed by atoms with E-state index in [0.29, 0.717) is 11.7 Å². The maximum atomic E-state index is 11.7. The van der Waals surface area contributed by atoms with Crippen molar-refractivity contribution in [1.29, 1.82) is 0 Å². The van der Waals surface area contributed by atoms with Gasteiger partial charge in [-0.15, -0.1) is 0 Å². The minimum atomic E-state index is -0.171. The molecule has 1 saturated carbocycles. The zero-order valence-electron chi connectivity index (χ0n) is 8.05. The Hall–Kier alpha value is -0.590. The van der Waals surface area contributed by atoms with E-state index in [1.165, 1.54) is 0 Å². The SMILES string of the molecule is CC12C=CC(CCC1=O)C2(C)C. The van der Waals surface area contributed by atoms with Crippen molar-refractivity contribution in [1.82, 2.24) is 0 Å². The van der Waals surface area contributed by atoms with E-state index < -0.39 is 0 Å². The van der Waals surface area contributed by atoms with E-state index in [4.69, 9.17) is 0 Å². The molecule has 66 valence electrons. The molecule has 2 bridgehead atoms. The third-order valence-electron chi connectivity index (χ3n) is 4.19. The smallest absolute Gasteiger partial charge is 0.143 e. The third kappa shape index (κ3) is 0.675. The minimum Gasteiger partial charge on any atom is -0.299 e. The van der Waals surface area contributed by atoms with Crippen molar-refractivity contribution in [2.24, 2.45) is 16.7 Å². The van der Waals surface area contributed by atoms with Crippen molar-refractivity contribution in [3.8, 4) is 0 Å². The number of Topliss-reactive ketones (excluding diaryl/α,β-unsaturated/α-hetero) is 1. The molecule has 2 aliphatic rings. The molecular formula is C11H16O. The number of allylic oxidation sites excluding steroid dienone is 2. The van der Waals surface area contributed by atoms with E-state index in [0.717, 1.165) is 12.8 Å². The van der Waals surface area contributed by atoms with Crippen LogP contribution < -0.4 is 0 Å². The summed E-state index contributed by atoms with van der Waals surface area (Å²) < 4.78 is 0. The Morgan fingerprint density at radius 2 is 2.08 bits per heavy atom. The first-order chi connectivity index (χ1) is 5.48. The first-order valence-electron chi connectivity index (χ1n) is 4.71. The van der Waals surface area contributed by atoms with Gasteiger partial charge in [0.25, 0.3) is 0 Å². The average molecular weight is 164 g/mol. The predicted octanol–water partition coefficient (Wildman–Crippen LogP) is 2.57. The van der Waals surface area contributed by atoms with E-state index in [1.54, 1.807) is 0 Å². The Morgan fingerprint density at radius 1 is 1.42 bits per heavy atom. The van der Waals surface area contributed by atoms with E-state index >= 15 is 0 Å². The molecule has 0 saturated heterocycles. The minimum absolute atomic E-state index is 0.155. The molecule has 2 aliphatic carbocycles. The molecule has 2 rings (SSSR count). The van der Waals surface area contributed by atoms with Gasteiger partial charge in [-0.05, 0) is 24.7 Å². The Labute approximate surface area is 73.8 Å². The fourth-order valence-corrected chi connectivity index (χ4v) is 2.60. The molecule has 0 spiro atoms. The number of ketones is 1. The molecule has 0 amide bonds. The van der Waals surface area contributed by atoms with Crippen molar-refractivity contribution in [3.63, 3.8) is 0 Å². The van der Waals surface area contributed by atoms with Crippen LogP contribution in [0.15, 0.2) is 12.2 Å². The summed E-state index contributed by atoms with van der Waals surface area (Å²) in [5.74, 6) is 1.05. The number of hydrogen-bond acceptors (Lipinski definition) is 1. The lowest BCUT2D eigenvalue weighted by molar-refractivity contribution is -0.135. The van der Waals surface area contributed by atoms with Crippen LogP contribution in [-0.2, 0) is 4.79 Å². The highest BCUT2D eigenvalue weighted by Crippen LogP contribution is 2.57. The lowest BCUT2D eigenvalue weighted by Crippen LogP contribution is -2.44. The van der Waals surface area contributed by atoms with Crippen LogP contribution >= 0.6 is 0 Å². The van der Waals surface area contributed by atoms with Crippen LogP contribution in [0.2, 0.25) is 0 Å². The quantitative estimate of drug-likeness (QED) is 0.503. The standard InChI is InChI=1S/C11H16O/c1-10(2)8-4-5-9(12)11(10,3)7-6-8/h6-8H,4-5H2,1-3H3. The van der Waals surface area contributed by atoms with E-state index in [-0.39, 0.29) is 10.8 Å². The average Bonchev–Trinajstić information content (AvgIpc) is 2.17. The second-order valence-corrected chi connectivity index (χ2v) is 4.85. The highest BCUT2D eigenvalue weighted by atomic mass is 16.1. The number of carbonyl (C=O) groups is 1. The summed E-state index contributed by atoms with van der Waals surface area (Å²) in [7, 11) is 0. The van der Waals surface area contributed by atoms with Gasteiger partial charge in [0.15, 0.2) is 0 Å². The van der Waals surface area contributed by atoms with E-state index in [1.807, 2.05) is 0 Å². The van der Waals surface area contributed by atoms with Crippen LogP contribution in [-0.4, -0.2) is 5.78 Å². The van der Waals surface area contributed by atoms with Crippen molar-refractivity contribution in [2.45, 2.75) is 33.6 Å². The molecule has 0 aromatic heterocycles. The molecule has 0 aromatic rings. The topological polar surface area (TPSA) is 17.1 Å². The number of rotatable bonds is 0. The van der Waals surface area contributed by atoms with Crippen LogP contribution in [0.1, 0.15) is 33.6 Å². The van der Waals surface area contributed by atoms with Gasteiger partial charge in [-0.3, -0.25) is 4.79 Å². The monoisotopic (exact) mass is 164 g/mol. The van der Waals surface area contributed by atoms with E-state index in [2.05, 4.69) is 32.9 Å². The van der Waals surface area contributed by atoms with Gasteiger partial charge >= 0.3 is 0 Å². The van der Waals surface area contributed by atoms with Gasteiger partial charge in [-0.1, -0.05) is 26.0 Å². The third-order valence-corrected chi connectivity index (χ3v) is 4.19. The zero-order chi connectivity index (χ0) is 8.98. The van der Waals surface area contributed by atoms with Crippen LogP contribution in [0.4, 0.5) is 0 Å². The summed E-state index contributed by atoms with van der Waals surface area (Å²) in [6.45, 7) is 6.52. The fourth-order valence-electron chi connectivity index (χ4n) is 2.60. The molecule has 1 fully saturated rings. The molecule has 0 aromatic carbocycles. The molecular weight excluding hydrogens is 148 g/mol. The second-order valence-electron chi connectivity index (χ2n) is 4.85. The molecule has 0 heterocycles. The molecule has 12 heavy (non-hydrogen) atoms. The Bertz CT molecular complexity index is 262. The molecule has 1 heteroatoms. The Morgan fingerprint density at radius 3 is 2.67 bits per heavy atom. The lowest BCUT2D eigenvalue weighted by Gasteiger charge is -2.44. The summed E-state index contributed by atoms with van der Waals surface area (Å²) in [5, 5.41) is 0. The molecule has 1 nitrogen and oxygen atoms in total. The Kier molecular flexibility index (Phi) is 1.35. The largest absolute Gasteiger partial charge is 0.299 e. The summed E-state index contributed by atoms with van der Waals surface area (Å²) in [5.41, 5.74) is -0.0156. The van der Waals surface area contributed by atoms with Gasteiger partial charge in [0.2, 0.25) is 0 Å². The van der Waals surface area contributed by atoms with Crippen LogP contribution in [0.25, 0.3) is 0 Å². The summed E-state index contributed by atoms with van der Waals surface area (Å²) >= 11 is 0. The summed E-state index contributed by atoms with van der Waals surface area (Å²) in [6, 6.07) is 0. The summed E-state index contributed by atoms with van der Waals surface area (Å²) in [6.07, 6.45) is 6.20. The number of carbonyl (C=O) groups excluding carboxylic acids is 1. The van der Waals surface area contributed by atoms with Crippen molar-refractivity contribution in [2.75, 3.05) is 0 Å². The van der Waals surface area contributed by atoms with Gasteiger partial charge < -0.3 is 0 Å². The highest BCUT2D eigenvalue weighted by molar-refractivity contribution is 5.89. The highest BCUT2D eigenvalue weighted by Gasteiger charge is 2.54. The van der Waals surface area contributed by atoms with Gasteiger partial charge in [0.05, 0.1) is 0 Å². The van der Waals surface area contributed by atoms with Gasteiger partial charge in [0.1, 0.15) is 5.78 Å². The van der Waals surface area contributed by atoms with Crippen molar-refractivity contribution < 1.29 is 4.79 Å². The summed E-state index contributed by atoms with van der Waals surface area (Å²) in [4.78, 5) is 11.7. The van der Waals surface area contributed by atoms with Gasteiger partial charge in [-0.25, -0.2) is 0 Å². The molecule has 0 aliphatic heterocycles. The molecule has 2 unspecified atom stereocenters. The maximum Gasteiger partial charge on any atom is 0.143 e. The van der Waals surface area contributed by atoms with Crippen LogP contribution in [0.5, 0.6) is 0 Å². The first kappa shape index (κ1) is 8.03. The fraction of sp³-hybridized carbons (Fsp3) is 0.727. The van der Waals surface area contributed by atoms with Gasteiger partial charge in [-0.2, -0.15) is 0 Å². The second kappa shape index (κ2) is 2.01. The van der Waals surface area contributed by atoms with Gasteiger partial charge in [0, 0.05) is 11.8 Å². The van der Waals surface area contributed by atoms with Crippen molar-refractivity contribution >= 4 is 5.78 Å². The zero-order valence-corrected chi connectivity index (χ0v) is 8.05. The van der Waals surface area contributed by atoms with Crippen LogP contribution in [0, 0.1) is 16.7 Å². The Balaban J connectivity index is 2.50. The number of fused-ring (bicyclic) bond motifs is 2.